The molecular formula is C77H77N13O14. The van der Waals surface area contributed by atoms with Gasteiger partial charge in [0.1, 0.15) is 34.3 Å². The van der Waals surface area contributed by atoms with Crippen molar-refractivity contribution in [2.45, 2.75) is 84.0 Å². The van der Waals surface area contributed by atoms with Crippen molar-refractivity contribution in [3.63, 3.8) is 0 Å². The Morgan fingerprint density at radius 2 is 0.635 bits per heavy atom. The fourth-order valence-corrected chi connectivity index (χ4v) is 14.0. The first kappa shape index (κ1) is 70.0. The highest BCUT2D eigenvalue weighted by atomic mass is 16.5. The number of carbonyl (C=O) groups is 9. The molecule has 3 N–H and O–H groups in total. The van der Waals surface area contributed by atoms with Gasteiger partial charge in [0.15, 0.2) is 17.1 Å². The van der Waals surface area contributed by atoms with Crippen molar-refractivity contribution in [2.24, 2.45) is 5.73 Å². The summed E-state index contributed by atoms with van der Waals surface area (Å²) in [4.78, 5) is 125. The number of hydrogen-bond donors (Lipinski definition) is 2. The van der Waals surface area contributed by atoms with Crippen LogP contribution in [0.3, 0.4) is 0 Å². The van der Waals surface area contributed by atoms with Gasteiger partial charge in [0.05, 0.1) is 45.0 Å². The number of methoxy groups -OCH3 is 3. The summed E-state index contributed by atoms with van der Waals surface area (Å²) < 4.78 is 25.3. The number of carbonyl (C=O) groups excluding carboxylic acids is 8. The number of amides is 7. The highest BCUT2D eigenvalue weighted by Gasteiger charge is 2.39. The minimum atomic E-state index is -1.17. The van der Waals surface area contributed by atoms with Crippen LogP contribution >= 0.6 is 0 Å². The van der Waals surface area contributed by atoms with E-state index < -0.39 is 17.8 Å². The number of primary amides is 1. The molecular weight excluding hydrogens is 1330 g/mol. The molecule has 3 aromatic heterocycles. The molecule has 0 bridgehead atoms. The zero-order chi connectivity index (χ0) is 72.9. The number of benzene rings is 6. The van der Waals surface area contributed by atoms with Crippen molar-refractivity contribution < 1.29 is 67.2 Å². The smallest absolute Gasteiger partial charge is 0.359 e. The van der Waals surface area contributed by atoms with Crippen molar-refractivity contribution in [3.8, 4) is 34.3 Å². The van der Waals surface area contributed by atoms with Gasteiger partial charge in [-0.25, -0.2) is 23.6 Å². The molecule has 15 rings (SSSR count). The number of ether oxygens (including phenoxy) is 4. The largest absolute Gasteiger partial charge is 0.497 e. The van der Waals surface area contributed by atoms with Gasteiger partial charge in [0, 0.05) is 109 Å². The van der Waals surface area contributed by atoms with Crippen LogP contribution in [0, 0.1) is 0 Å². The number of rotatable bonds is 16. The SMILES string of the molecule is CCOC(=O)c1nn(-c2ccc(OC)cc2)c2c1CCN(c1ccc(N3CCCCC3=O)cc1)C2=O.COc1ccc(-n2nc(C(=O)O)c3c2C(=O)N(c2ccc(N4CCCCC4=O)cc2)CC3)cc1.COc1ccc(-n2nc(C(N)=O)c3c2C(=O)N(c2ccc(N4CCCCC4=O)cc2)CC3)cc1. The summed E-state index contributed by atoms with van der Waals surface area (Å²) in [6.45, 7) is 5.19. The summed E-state index contributed by atoms with van der Waals surface area (Å²) in [5, 5.41) is 22.8. The topological polar surface area (TPSA) is 310 Å². The minimum Gasteiger partial charge on any atom is -0.497 e. The van der Waals surface area contributed by atoms with Crippen LogP contribution in [-0.2, 0) is 38.4 Å². The van der Waals surface area contributed by atoms with E-state index in [2.05, 4.69) is 15.3 Å². The van der Waals surface area contributed by atoms with Gasteiger partial charge in [-0.1, -0.05) is 0 Å². The lowest BCUT2D eigenvalue weighted by Crippen LogP contribution is -2.39. The molecule has 0 spiro atoms. The van der Waals surface area contributed by atoms with E-state index >= 15 is 0 Å². The Hall–Kier alpha value is -12.4. The van der Waals surface area contributed by atoms with E-state index in [4.69, 9.17) is 24.7 Å². The molecule has 3 saturated heterocycles. The van der Waals surface area contributed by atoms with E-state index in [1.165, 1.54) is 14.0 Å². The van der Waals surface area contributed by atoms with E-state index in [0.717, 1.165) is 61.3 Å². The van der Waals surface area contributed by atoms with Crippen LogP contribution in [0.25, 0.3) is 17.1 Å². The number of esters is 1. The van der Waals surface area contributed by atoms with Gasteiger partial charge >= 0.3 is 11.9 Å². The van der Waals surface area contributed by atoms with Crippen molar-refractivity contribution in [1.82, 2.24) is 29.3 Å². The first-order valence-corrected chi connectivity index (χ1v) is 34.6. The number of hydrogen-bond acceptors (Lipinski definition) is 16. The summed E-state index contributed by atoms with van der Waals surface area (Å²) >= 11 is 0. The molecule has 9 heterocycles. The summed E-state index contributed by atoms with van der Waals surface area (Å²) in [5.74, 6) is -0.868. The Morgan fingerprint density at radius 3 is 0.913 bits per heavy atom. The molecule has 3 fully saturated rings. The lowest BCUT2D eigenvalue weighted by molar-refractivity contribution is -0.120. The average Bonchev–Trinajstić information content (AvgIpc) is 1.59. The summed E-state index contributed by atoms with van der Waals surface area (Å²) in [7, 11) is 4.71. The van der Waals surface area contributed by atoms with Crippen LogP contribution in [0.5, 0.6) is 17.2 Å². The van der Waals surface area contributed by atoms with Crippen molar-refractivity contribution in [1.29, 1.82) is 0 Å². The number of piperidine rings is 3. The van der Waals surface area contributed by atoms with E-state index in [1.54, 1.807) is 130 Å². The fraction of sp³-hybridized carbons (Fsp3) is 0.299. The molecule has 9 aromatic rings. The zero-order valence-electron chi connectivity index (χ0n) is 58.0. The number of aromatic nitrogens is 6. The highest BCUT2D eigenvalue weighted by Crippen LogP contribution is 2.36. The van der Waals surface area contributed by atoms with Gasteiger partial charge in [0.25, 0.3) is 23.6 Å². The standard InChI is InChI=1S/C27H28N4O5.C25H25N5O4.C25H24N4O5/c1-3-36-27(34)24-22-15-17-30(19-9-7-18(8-10-19)29-16-5-4-6-23(29)32)26(33)25(22)31(28-24)20-11-13-21(35-2)14-12-20;1-34-19-11-9-18(10-12-19)30-23-20(22(27-30)24(26)32)13-15-29(25(23)33)17-7-5-16(6-8-17)28-14-3-2-4-21(28)31;1-34-19-11-9-18(10-12-19)29-23-20(22(26-29)25(32)33)13-15-28(24(23)31)17-7-5-16(6-8-17)27-14-3-2-4-21(27)30/h7-14H,3-6,15-17H2,1-2H3;5-12H,2-4,13-15H2,1H3,(H2,26,32);5-12H,2-4,13-15H2,1H3,(H,32,33). The van der Waals surface area contributed by atoms with Crippen LogP contribution in [-0.4, -0.2) is 155 Å². The monoisotopic (exact) mass is 1410 g/mol. The van der Waals surface area contributed by atoms with E-state index in [0.29, 0.717) is 152 Å². The van der Waals surface area contributed by atoms with Crippen molar-refractivity contribution in [2.75, 3.05) is 96.6 Å². The quantitative estimate of drug-likeness (QED) is 0.0850. The third kappa shape index (κ3) is 13.9. The number of carboxylic acid groups (broad SMARTS) is 1. The average molecular weight is 1410 g/mol. The van der Waals surface area contributed by atoms with Crippen molar-refractivity contribution >= 4 is 87.4 Å². The summed E-state index contributed by atoms with van der Waals surface area (Å²) in [5.41, 5.74) is 14.6. The second-order valence-corrected chi connectivity index (χ2v) is 25.4. The van der Waals surface area contributed by atoms with Gasteiger partial charge < -0.3 is 59.2 Å². The van der Waals surface area contributed by atoms with Crippen LogP contribution < -0.4 is 49.3 Å². The second-order valence-electron chi connectivity index (χ2n) is 25.4. The maximum atomic E-state index is 13.8. The molecule has 0 atom stereocenters. The molecule has 6 aromatic carbocycles. The maximum absolute atomic E-state index is 13.8. The third-order valence-corrected chi connectivity index (χ3v) is 19.3. The molecule has 6 aliphatic rings. The van der Waals surface area contributed by atoms with Gasteiger partial charge in [-0.15, -0.1) is 0 Å². The molecule has 0 unspecified atom stereocenters. The lowest BCUT2D eigenvalue weighted by Gasteiger charge is -2.29. The van der Waals surface area contributed by atoms with Gasteiger partial charge in [-0.2, -0.15) is 15.3 Å². The Morgan fingerprint density at radius 1 is 0.365 bits per heavy atom. The van der Waals surface area contributed by atoms with E-state index in [9.17, 15) is 48.3 Å². The summed E-state index contributed by atoms with van der Waals surface area (Å²) in [6, 6.07) is 43.4. The number of nitrogens with two attached hydrogens (primary N) is 1. The Bertz CT molecular complexity index is 4580. The molecule has 0 radical (unpaired) electrons. The first-order valence-electron chi connectivity index (χ1n) is 34.6. The lowest BCUT2D eigenvalue weighted by atomic mass is 10.0. The predicted molar refractivity (Wildman–Crippen MR) is 386 cm³/mol. The Kier molecular flexibility index (Phi) is 20.5. The summed E-state index contributed by atoms with van der Waals surface area (Å²) in [6.07, 6.45) is 8.65. The fourth-order valence-electron chi connectivity index (χ4n) is 14.0. The van der Waals surface area contributed by atoms with Crippen LogP contribution in [0.15, 0.2) is 146 Å². The molecule has 27 heteroatoms. The number of carboxylic acids is 1. The molecule has 0 aliphatic carbocycles. The molecule has 534 valence electrons. The van der Waals surface area contributed by atoms with Crippen LogP contribution in [0.2, 0.25) is 0 Å². The van der Waals surface area contributed by atoms with Crippen LogP contribution in [0.4, 0.5) is 34.1 Å². The molecule has 6 aliphatic heterocycles. The maximum Gasteiger partial charge on any atom is 0.359 e. The van der Waals surface area contributed by atoms with Gasteiger partial charge in [-0.05, 0) is 210 Å². The molecule has 7 amide bonds. The molecule has 27 nitrogen and oxygen atoms in total. The number of anilines is 6. The van der Waals surface area contributed by atoms with Gasteiger partial charge in [0.2, 0.25) is 17.7 Å². The number of aromatic carboxylic acids is 1. The van der Waals surface area contributed by atoms with Crippen molar-refractivity contribution in [3.05, 3.63) is 196 Å². The Balaban J connectivity index is 0.000000139. The number of nitrogens with zero attached hydrogens (tertiary/aromatic N) is 12. The second kappa shape index (κ2) is 30.4. The Labute approximate surface area is 598 Å². The predicted octanol–water partition coefficient (Wildman–Crippen LogP) is 9.78. The normalized spacial score (nSPS) is 15.8. The minimum absolute atomic E-state index is 0.109. The molecule has 0 saturated carbocycles. The first-order chi connectivity index (χ1) is 50.5. The third-order valence-electron chi connectivity index (χ3n) is 19.3. The van der Waals surface area contributed by atoms with Crippen LogP contribution in [0.1, 0.15) is 144 Å². The van der Waals surface area contributed by atoms with Gasteiger partial charge in [-0.3, -0.25) is 33.6 Å². The molecule has 104 heavy (non-hydrogen) atoms. The van der Waals surface area contributed by atoms with E-state index in [1.807, 2.05) is 72.8 Å². The van der Waals surface area contributed by atoms with E-state index in [-0.39, 0.29) is 64.8 Å². The highest BCUT2D eigenvalue weighted by molar-refractivity contribution is 6.12. The zero-order valence-corrected chi connectivity index (χ0v) is 58.0. The number of fused-ring (bicyclic) bond motifs is 3.